The summed E-state index contributed by atoms with van der Waals surface area (Å²) in [5, 5.41) is 18.0. The molecule has 0 spiro atoms. The van der Waals surface area contributed by atoms with E-state index >= 15 is 0 Å². The molecule has 0 aliphatic rings. The summed E-state index contributed by atoms with van der Waals surface area (Å²) in [6.45, 7) is 0. The molecule has 0 aliphatic heterocycles. The second-order valence-corrected chi connectivity index (χ2v) is 3.47. The van der Waals surface area contributed by atoms with Crippen molar-refractivity contribution in [3.8, 4) is 0 Å². The van der Waals surface area contributed by atoms with Crippen LogP contribution in [0.15, 0.2) is 60.7 Å². The van der Waals surface area contributed by atoms with Crippen LogP contribution in [0.5, 0.6) is 0 Å². The third kappa shape index (κ3) is 9.53. The Hall–Kier alpha value is -2.16. The van der Waals surface area contributed by atoms with Gasteiger partial charge in [0.2, 0.25) is 0 Å². The lowest BCUT2D eigenvalue weighted by Crippen LogP contribution is -1.87. The molecule has 0 unspecified atom stereocenters. The normalized spacial score (nSPS) is 7.37. The van der Waals surface area contributed by atoms with Gasteiger partial charge in [-0.15, -0.1) is 0 Å². The summed E-state index contributed by atoms with van der Waals surface area (Å²) in [6.07, 6.45) is 0. The summed E-state index contributed by atoms with van der Waals surface area (Å²) in [6, 6.07) is 20.3. The van der Waals surface area contributed by atoms with E-state index < -0.39 is 0 Å². The molecule has 5 heteroatoms. The number of rotatable bonds is 2. The summed E-state index contributed by atoms with van der Waals surface area (Å²) < 4.78 is 0. The van der Waals surface area contributed by atoms with Crippen LogP contribution in [0, 0.1) is 10.8 Å². The molecule has 0 aliphatic carbocycles. The molecule has 2 aromatic rings. The van der Waals surface area contributed by atoms with Gasteiger partial charge in [-0.2, -0.15) is 0 Å². The molecule has 2 rings (SSSR count). The minimum atomic E-state index is 1.12. The Morgan fingerprint density at radius 1 is 0.684 bits per heavy atom. The minimum absolute atomic E-state index is 1.12. The molecule has 0 saturated carbocycles. The van der Waals surface area contributed by atoms with Gasteiger partial charge in [-0.05, 0) is 48.7 Å². The van der Waals surface area contributed by atoms with Crippen LogP contribution in [0.2, 0.25) is 0 Å². The van der Waals surface area contributed by atoms with Crippen LogP contribution in [-0.2, 0) is 0 Å². The van der Waals surface area contributed by atoms with Gasteiger partial charge in [0.1, 0.15) is 0 Å². The SMILES string of the molecule is N=C=S.N=C=S.c1ccc(Nc2ccccc2)cc1. The zero-order valence-corrected chi connectivity index (χ0v) is 11.7. The number of hydrogen-bond acceptors (Lipinski definition) is 5. The molecule has 0 radical (unpaired) electrons. The highest BCUT2D eigenvalue weighted by atomic mass is 32.1. The van der Waals surface area contributed by atoms with Crippen LogP contribution >= 0.6 is 24.4 Å². The standard InChI is InChI=1S/C12H11N.2CHNS/c1-3-7-11(8-4-1)13-12-9-5-2-6-10-12;2*2-1-3/h1-10,13H;2*2H. The van der Waals surface area contributed by atoms with Crippen molar-refractivity contribution < 1.29 is 0 Å². The van der Waals surface area contributed by atoms with E-state index in [1.54, 1.807) is 10.3 Å². The third-order valence-electron chi connectivity index (χ3n) is 1.84. The molecule has 0 fully saturated rings. The first-order chi connectivity index (χ1) is 9.28. The molecule has 3 nitrogen and oxygen atoms in total. The maximum absolute atomic E-state index is 5.77. The minimum Gasteiger partial charge on any atom is -0.356 e. The number of para-hydroxylation sites is 2. The number of benzene rings is 2. The molecule has 0 atom stereocenters. The summed E-state index contributed by atoms with van der Waals surface area (Å²) in [5.74, 6) is 0. The van der Waals surface area contributed by atoms with Gasteiger partial charge in [-0.25, -0.2) is 10.8 Å². The molecular weight excluding hydrogens is 274 g/mol. The molecule has 3 N–H and O–H groups in total. The van der Waals surface area contributed by atoms with Gasteiger partial charge in [0.25, 0.3) is 0 Å². The zero-order valence-electron chi connectivity index (χ0n) is 10.1. The second-order valence-electron chi connectivity index (χ2n) is 3.06. The number of hydrogen-bond donors (Lipinski definition) is 3. The molecule has 0 saturated heterocycles. The first-order valence-electron chi connectivity index (χ1n) is 5.23. The van der Waals surface area contributed by atoms with Gasteiger partial charge in [-0.1, -0.05) is 36.4 Å². The van der Waals surface area contributed by atoms with E-state index in [-0.39, 0.29) is 0 Å². The van der Waals surface area contributed by atoms with Crippen LogP contribution in [0.1, 0.15) is 0 Å². The van der Waals surface area contributed by atoms with Crippen molar-refractivity contribution in [1.29, 1.82) is 10.8 Å². The van der Waals surface area contributed by atoms with Gasteiger partial charge < -0.3 is 5.32 Å². The van der Waals surface area contributed by atoms with Crippen molar-refractivity contribution in [3.63, 3.8) is 0 Å². The van der Waals surface area contributed by atoms with Crippen molar-refractivity contribution in [1.82, 2.24) is 0 Å². The van der Waals surface area contributed by atoms with Gasteiger partial charge in [0, 0.05) is 11.4 Å². The van der Waals surface area contributed by atoms with E-state index in [0.29, 0.717) is 0 Å². The van der Waals surface area contributed by atoms with E-state index in [9.17, 15) is 0 Å². The first kappa shape index (κ1) is 16.8. The van der Waals surface area contributed by atoms with Crippen molar-refractivity contribution in [3.05, 3.63) is 60.7 Å². The Bertz CT molecular complexity index is 465. The second kappa shape index (κ2) is 12.3. The van der Waals surface area contributed by atoms with Crippen LogP contribution in [-0.4, -0.2) is 10.3 Å². The molecule has 2 aromatic carbocycles. The van der Waals surface area contributed by atoms with E-state index in [1.807, 2.05) is 60.7 Å². The van der Waals surface area contributed by atoms with E-state index in [2.05, 4.69) is 29.8 Å². The topological polar surface area (TPSA) is 59.7 Å². The fourth-order valence-electron chi connectivity index (χ4n) is 1.21. The smallest absolute Gasteiger partial charge is 0.0554 e. The summed E-state index contributed by atoms with van der Waals surface area (Å²) in [4.78, 5) is 0. The number of anilines is 2. The summed E-state index contributed by atoms with van der Waals surface area (Å²) >= 11 is 7.62. The van der Waals surface area contributed by atoms with Crippen LogP contribution < -0.4 is 5.32 Å². The highest BCUT2D eigenvalue weighted by molar-refractivity contribution is 7.78. The molecule has 0 bridgehead atoms. The average molecular weight is 287 g/mol. The van der Waals surface area contributed by atoms with Crippen LogP contribution in [0.4, 0.5) is 11.4 Å². The Morgan fingerprint density at radius 3 is 1.21 bits per heavy atom. The van der Waals surface area contributed by atoms with Gasteiger partial charge in [0.05, 0.1) is 10.3 Å². The summed E-state index contributed by atoms with van der Waals surface area (Å²) in [5.41, 5.74) is 2.24. The molecule has 96 valence electrons. The highest BCUT2D eigenvalue weighted by Gasteiger charge is 1.89. The Kier molecular flexibility index (Phi) is 10.9. The van der Waals surface area contributed by atoms with Crippen molar-refractivity contribution in [2.75, 3.05) is 5.32 Å². The predicted molar refractivity (Wildman–Crippen MR) is 86.8 cm³/mol. The monoisotopic (exact) mass is 287 g/mol. The molecular formula is C14H13N3S2. The van der Waals surface area contributed by atoms with E-state index in [1.165, 1.54) is 0 Å². The van der Waals surface area contributed by atoms with Crippen LogP contribution in [0.25, 0.3) is 0 Å². The zero-order chi connectivity index (χ0) is 14.3. The lowest BCUT2D eigenvalue weighted by Gasteiger charge is -2.04. The Balaban J connectivity index is 0.000000465. The van der Waals surface area contributed by atoms with Crippen molar-refractivity contribution in [2.45, 2.75) is 0 Å². The molecule has 19 heavy (non-hydrogen) atoms. The van der Waals surface area contributed by atoms with E-state index in [4.69, 9.17) is 10.8 Å². The Labute approximate surface area is 123 Å². The average Bonchev–Trinajstić information content (AvgIpc) is 2.43. The quantitative estimate of drug-likeness (QED) is 0.551. The van der Waals surface area contributed by atoms with Crippen LogP contribution in [0.3, 0.4) is 0 Å². The van der Waals surface area contributed by atoms with E-state index in [0.717, 1.165) is 11.4 Å². The highest BCUT2D eigenvalue weighted by Crippen LogP contribution is 2.14. The molecule has 0 amide bonds. The van der Waals surface area contributed by atoms with Gasteiger partial charge in [-0.3, -0.25) is 0 Å². The fraction of sp³-hybridized carbons (Fsp3) is 0. The summed E-state index contributed by atoms with van der Waals surface area (Å²) in [7, 11) is 0. The third-order valence-corrected chi connectivity index (χ3v) is 1.84. The predicted octanol–water partition coefficient (Wildman–Crippen LogP) is 4.77. The maximum atomic E-state index is 5.77. The van der Waals surface area contributed by atoms with Gasteiger partial charge >= 0.3 is 0 Å². The maximum Gasteiger partial charge on any atom is 0.0554 e. The molecule has 0 aromatic heterocycles. The van der Waals surface area contributed by atoms with Crippen molar-refractivity contribution in [2.24, 2.45) is 0 Å². The number of thiocarbonyl (C=S) groups is 2. The van der Waals surface area contributed by atoms with Crippen molar-refractivity contribution >= 4 is 46.1 Å². The largest absolute Gasteiger partial charge is 0.356 e. The molecule has 0 heterocycles. The number of isothiocyanates is 2. The first-order valence-corrected chi connectivity index (χ1v) is 6.05. The number of nitrogens with one attached hydrogen (secondary N) is 3. The fourth-order valence-corrected chi connectivity index (χ4v) is 1.21. The Morgan fingerprint density at radius 2 is 0.947 bits per heavy atom. The van der Waals surface area contributed by atoms with Gasteiger partial charge in [0.15, 0.2) is 0 Å². The lowest BCUT2D eigenvalue weighted by molar-refractivity contribution is 1.55. The lowest BCUT2D eigenvalue weighted by atomic mass is 10.3.